The number of benzene rings is 1. The van der Waals surface area contributed by atoms with Gasteiger partial charge >= 0.3 is 0 Å². The van der Waals surface area contributed by atoms with Crippen molar-refractivity contribution in [1.29, 1.82) is 0 Å². The molecule has 0 aromatic heterocycles. The van der Waals surface area contributed by atoms with Crippen molar-refractivity contribution in [1.82, 2.24) is 5.32 Å². The molecular formula is C14H22N2. The summed E-state index contributed by atoms with van der Waals surface area (Å²) in [7, 11) is 0. The second kappa shape index (κ2) is 5.46. The molecule has 0 spiro atoms. The van der Waals surface area contributed by atoms with Gasteiger partial charge in [-0.25, -0.2) is 0 Å². The smallest absolute Gasteiger partial charge is 0.0180 e. The van der Waals surface area contributed by atoms with Gasteiger partial charge in [-0.1, -0.05) is 31.2 Å². The van der Waals surface area contributed by atoms with Gasteiger partial charge in [0.05, 0.1) is 0 Å². The van der Waals surface area contributed by atoms with Crippen LogP contribution in [0, 0.1) is 5.92 Å². The molecule has 2 heteroatoms. The van der Waals surface area contributed by atoms with Gasteiger partial charge in [-0.2, -0.15) is 0 Å². The van der Waals surface area contributed by atoms with E-state index in [4.69, 9.17) is 5.73 Å². The quantitative estimate of drug-likeness (QED) is 0.816. The van der Waals surface area contributed by atoms with Crippen molar-refractivity contribution in [3.63, 3.8) is 0 Å². The third-order valence-electron chi connectivity index (χ3n) is 3.81. The first kappa shape index (κ1) is 11.6. The van der Waals surface area contributed by atoms with Gasteiger partial charge in [-0.05, 0) is 48.9 Å². The first-order valence-electron chi connectivity index (χ1n) is 6.31. The van der Waals surface area contributed by atoms with Gasteiger partial charge in [-0.3, -0.25) is 0 Å². The second-order valence-electron chi connectivity index (χ2n) is 4.80. The van der Waals surface area contributed by atoms with E-state index >= 15 is 0 Å². The minimum atomic E-state index is 0.618. The lowest BCUT2D eigenvalue weighted by molar-refractivity contribution is 0.333. The molecule has 88 valence electrons. The molecule has 1 aliphatic heterocycles. The predicted molar refractivity (Wildman–Crippen MR) is 68.3 cm³/mol. The Bertz CT molecular complexity index is 329. The van der Waals surface area contributed by atoms with Gasteiger partial charge in [0.2, 0.25) is 0 Å². The summed E-state index contributed by atoms with van der Waals surface area (Å²) in [6.07, 6.45) is 2.65. The number of nitrogens with two attached hydrogens (primary N) is 1. The van der Waals surface area contributed by atoms with Crippen LogP contribution in [0.25, 0.3) is 0 Å². The molecule has 0 bridgehead atoms. The number of piperidine rings is 1. The van der Waals surface area contributed by atoms with E-state index in [1.807, 2.05) is 0 Å². The summed E-state index contributed by atoms with van der Waals surface area (Å²) in [6, 6.07) is 8.60. The summed E-state index contributed by atoms with van der Waals surface area (Å²) < 4.78 is 0. The summed E-state index contributed by atoms with van der Waals surface area (Å²) in [6.45, 7) is 5.33. The first-order valence-corrected chi connectivity index (χ1v) is 6.31. The molecule has 1 aromatic carbocycles. The summed E-state index contributed by atoms with van der Waals surface area (Å²) in [5.74, 6) is 1.38. The van der Waals surface area contributed by atoms with E-state index in [1.54, 1.807) is 0 Å². The Kier molecular flexibility index (Phi) is 3.97. The lowest BCUT2D eigenvalue weighted by Crippen LogP contribution is -2.32. The van der Waals surface area contributed by atoms with Crippen molar-refractivity contribution < 1.29 is 0 Å². The van der Waals surface area contributed by atoms with Gasteiger partial charge in [0.1, 0.15) is 0 Å². The molecule has 0 aliphatic carbocycles. The van der Waals surface area contributed by atoms with Crippen molar-refractivity contribution in [3.05, 3.63) is 35.4 Å². The Morgan fingerprint density at radius 3 is 2.94 bits per heavy atom. The van der Waals surface area contributed by atoms with Crippen LogP contribution in [0.15, 0.2) is 24.3 Å². The van der Waals surface area contributed by atoms with Crippen molar-refractivity contribution in [3.8, 4) is 0 Å². The van der Waals surface area contributed by atoms with Crippen molar-refractivity contribution >= 4 is 0 Å². The van der Waals surface area contributed by atoms with E-state index in [9.17, 15) is 0 Å². The van der Waals surface area contributed by atoms with Crippen LogP contribution in [0.3, 0.4) is 0 Å². The highest BCUT2D eigenvalue weighted by molar-refractivity contribution is 5.30. The van der Waals surface area contributed by atoms with Crippen LogP contribution in [0.4, 0.5) is 0 Å². The fraction of sp³-hybridized carbons (Fsp3) is 0.571. The molecule has 1 fully saturated rings. The molecule has 16 heavy (non-hydrogen) atoms. The average Bonchev–Trinajstić information content (AvgIpc) is 2.39. The number of hydrogen-bond donors (Lipinski definition) is 2. The van der Waals surface area contributed by atoms with Crippen LogP contribution in [0.1, 0.15) is 36.8 Å². The summed E-state index contributed by atoms with van der Waals surface area (Å²) in [5, 5.41) is 3.49. The Balaban J connectivity index is 2.15. The average molecular weight is 218 g/mol. The summed E-state index contributed by atoms with van der Waals surface area (Å²) in [4.78, 5) is 0. The standard InChI is InChI=1S/C14H22N2/c1-11(13-6-4-8-16-10-13)14-7-3-2-5-12(14)9-15/h2-3,5,7,11,13,16H,4,6,8-10,15H2,1H3. The maximum atomic E-state index is 5.80. The van der Waals surface area contributed by atoms with Crippen LogP contribution in [-0.4, -0.2) is 13.1 Å². The van der Waals surface area contributed by atoms with E-state index in [1.165, 1.54) is 30.5 Å². The van der Waals surface area contributed by atoms with Crippen molar-refractivity contribution in [2.24, 2.45) is 11.7 Å². The Labute approximate surface area is 98.2 Å². The zero-order valence-corrected chi connectivity index (χ0v) is 10.1. The van der Waals surface area contributed by atoms with Gasteiger partial charge < -0.3 is 11.1 Å². The monoisotopic (exact) mass is 218 g/mol. The molecular weight excluding hydrogens is 196 g/mol. The highest BCUT2D eigenvalue weighted by Gasteiger charge is 2.22. The molecule has 0 radical (unpaired) electrons. The molecule has 1 aromatic rings. The maximum Gasteiger partial charge on any atom is 0.0180 e. The molecule has 0 amide bonds. The van der Waals surface area contributed by atoms with E-state index < -0.39 is 0 Å². The molecule has 2 unspecified atom stereocenters. The molecule has 1 saturated heterocycles. The molecule has 1 aliphatic rings. The SMILES string of the molecule is CC(c1ccccc1CN)C1CCCNC1. The molecule has 2 atom stereocenters. The summed E-state index contributed by atoms with van der Waals surface area (Å²) >= 11 is 0. The van der Waals surface area contributed by atoms with E-state index in [0.717, 1.165) is 12.5 Å². The fourth-order valence-electron chi connectivity index (χ4n) is 2.72. The largest absolute Gasteiger partial charge is 0.326 e. The molecule has 2 rings (SSSR count). The minimum absolute atomic E-state index is 0.618. The highest BCUT2D eigenvalue weighted by atomic mass is 14.9. The van der Waals surface area contributed by atoms with E-state index in [0.29, 0.717) is 12.5 Å². The molecule has 2 nitrogen and oxygen atoms in total. The fourth-order valence-corrected chi connectivity index (χ4v) is 2.72. The molecule has 3 N–H and O–H groups in total. The lowest BCUT2D eigenvalue weighted by Gasteiger charge is -2.29. The van der Waals surface area contributed by atoms with Gasteiger partial charge in [0.25, 0.3) is 0 Å². The first-order chi connectivity index (χ1) is 7.83. The van der Waals surface area contributed by atoms with E-state index in [2.05, 4.69) is 36.5 Å². The Morgan fingerprint density at radius 1 is 1.44 bits per heavy atom. The van der Waals surface area contributed by atoms with Crippen LogP contribution >= 0.6 is 0 Å². The van der Waals surface area contributed by atoms with Gasteiger partial charge in [0, 0.05) is 6.54 Å². The van der Waals surface area contributed by atoms with Crippen LogP contribution < -0.4 is 11.1 Å². The van der Waals surface area contributed by atoms with Crippen molar-refractivity contribution in [2.75, 3.05) is 13.1 Å². The zero-order chi connectivity index (χ0) is 11.4. The van der Waals surface area contributed by atoms with E-state index in [-0.39, 0.29) is 0 Å². The highest BCUT2D eigenvalue weighted by Crippen LogP contribution is 2.30. The number of hydrogen-bond acceptors (Lipinski definition) is 2. The number of rotatable bonds is 3. The zero-order valence-electron chi connectivity index (χ0n) is 10.1. The van der Waals surface area contributed by atoms with Crippen molar-refractivity contribution in [2.45, 2.75) is 32.2 Å². The number of nitrogens with one attached hydrogen (secondary N) is 1. The third kappa shape index (κ3) is 2.45. The Morgan fingerprint density at radius 2 is 2.25 bits per heavy atom. The Hall–Kier alpha value is -0.860. The topological polar surface area (TPSA) is 38.0 Å². The maximum absolute atomic E-state index is 5.80. The molecule has 1 heterocycles. The summed E-state index contributed by atoms with van der Waals surface area (Å²) in [5.41, 5.74) is 8.55. The third-order valence-corrected chi connectivity index (χ3v) is 3.81. The minimum Gasteiger partial charge on any atom is -0.326 e. The van der Waals surface area contributed by atoms with Crippen LogP contribution in [0.5, 0.6) is 0 Å². The van der Waals surface area contributed by atoms with Crippen LogP contribution in [-0.2, 0) is 6.54 Å². The van der Waals surface area contributed by atoms with Gasteiger partial charge in [0.15, 0.2) is 0 Å². The lowest BCUT2D eigenvalue weighted by atomic mass is 9.81. The predicted octanol–water partition coefficient (Wildman–Crippen LogP) is 2.25. The molecule has 0 saturated carbocycles. The van der Waals surface area contributed by atoms with Gasteiger partial charge in [-0.15, -0.1) is 0 Å². The normalized spacial score (nSPS) is 23.0. The second-order valence-corrected chi connectivity index (χ2v) is 4.80. The van der Waals surface area contributed by atoms with Crippen LogP contribution in [0.2, 0.25) is 0 Å².